The minimum absolute atomic E-state index is 1.14. The number of fused-ring (bicyclic) bond motifs is 6. The molecule has 8 heteroatoms. The van der Waals surface area contributed by atoms with Crippen LogP contribution in [0.2, 0.25) is 0 Å². The summed E-state index contributed by atoms with van der Waals surface area (Å²) in [6.45, 7) is 27.1. The molecule has 12 rings (SSSR count). The molecule has 10 aromatic rings. The van der Waals surface area contributed by atoms with Crippen molar-refractivity contribution in [2.75, 3.05) is 0 Å². The second-order valence-corrected chi connectivity index (χ2v) is 21.3. The number of nitrogens with one attached hydrogen (secondary N) is 1. The fraction of sp³-hybridized carbons (Fsp3) is 0.203. The van der Waals surface area contributed by atoms with Crippen LogP contribution in [0.3, 0.4) is 0 Å². The molecular formula is C64H68B2N6. The van der Waals surface area contributed by atoms with Crippen LogP contribution in [0.1, 0.15) is 66.8 Å². The average Bonchev–Trinajstić information content (AvgIpc) is 4.18. The molecule has 5 heterocycles. The lowest BCUT2D eigenvalue weighted by atomic mass is 9.14. The Balaban J connectivity index is 0.000000137. The van der Waals surface area contributed by atoms with Crippen LogP contribution in [0.15, 0.2) is 171 Å². The largest absolute Gasteiger partial charge is 0.306 e. The Bertz CT molecular complexity index is 3480. The first-order chi connectivity index (χ1) is 34.6. The summed E-state index contributed by atoms with van der Waals surface area (Å²) >= 11 is 0. The van der Waals surface area contributed by atoms with E-state index in [0.29, 0.717) is 0 Å². The van der Waals surface area contributed by atoms with Crippen molar-refractivity contribution in [2.24, 2.45) is 7.05 Å². The molecule has 1 N–H and O–H groups in total. The number of H-pyrrole nitrogens is 1. The second-order valence-electron chi connectivity index (χ2n) is 21.3. The van der Waals surface area contributed by atoms with Crippen LogP contribution in [-0.4, -0.2) is 31.4 Å². The van der Waals surface area contributed by atoms with Crippen molar-refractivity contribution in [1.82, 2.24) is 19.1 Å². The van der Waals surface area contributed by atoms with E-state index in [9.17, 15) is 0 Å². The second kappa shape index (κ2) is 18.5. The van der Waals surface area contributed by atoms with Crippen molar-refractivity contribution in [3.8, 4) is 17.1 Å². The third kappa shape index (κ3) is 7.53. The van der Waals surface area contributed by atoms with Crippen LogP contribution in [-0.2, 0) is 7.05 Å². The van der Waals surface area contributed by atoms with E-state index in [1.807, 2.05) is 41.1 Å². The predicted octanol–water partition coefficient (Wildman–Crippen LogP) is 7.55. The highest BCUT2D eigenvalue weighted by molar-refractivity contribution is 7.21. The van der Waals surface area contributed by atoms with Crippen LogP contribution in [0, 0.1) is 83.1 Å². The maximum atomic E-state index is 3.96. The first-order valence-corrected chi connectivity index (χ1v) is 25.6. The van der Waals surface area contributed by atoms with Crippen molar-refractivity contribution < 1.29 is 9.13 Å². The molecule has 7 aromatic carbocycles. The number of aromatic nitrogens is 6. The molecule has 72 heavy (non-hydrogen) atoms. The zero-order valence-electron chi connectivity index (χ0n) is 44.6. The van der Waals surface area contributed by atoms with Gasteiger partial charge in [-0.25, -0.2) is 14.1 Å². The molecule has 0 atom stereocenters. The van der Waals surface area contributed by atoms with E-state index < -0.39 is 12.3 Å². The summed E-state index contributed by atoms with van der Waals surface area (Å²) in [6, 6.07) is 46.9. The summed E-state index contributed by atoms with van der Waals surface area (Å²) in [5.41, 5.74) is 31.3. The monoisotopic (exact) mass is 943 g/mol. The fourth-order valence-corrected chi connectivity index (χ4v) is 14.5. The Morgan fingerprint density at radius 3 is 1.40 bits per heavy atom. The number of aryl methyl sites for hydroxylation is 13. The molecule has 0 bridgehead atoms. The zero-order chi connectivity index (χ0) is 50.8. The minimum atomic E-state index is -1.33. The maximum Gasteiger partial charge on any atom is 0.207 e. The maximum absolute atomic E-state index is 3.96. The summed E-state index contributed by atoms with van der Waals surface area (Å²) in [4.78, 5) is 7.64. The van der Waals surface area contributed by atoms with Crippen LogP contribution in [0.4, 0.5) is 0 Å². The van der Waals surface area contributed by atoms with Gasteiger partial charge in [-0.3, -0.25) is 9.55 Å². The minimum Gasteiger partial charge on any atom is -0.306 e. The highest BCUT2D eigenvalue weighted by atomic mass is 15.1. The molecule has 0 spiro atoms. The molecule has 3 aromatic heterocycles. The van der Waals surface area contributed by atoms with Crippen LogP contribution in [0.5, 0.6) is 0 Å². The third-order valence-corrected chi connectivity index (χ3v) is 16.1. The van der Waals surface area contributed by atoms with Crippen LogP contribution < -0.4 is 53.4 Å². The van der Waals surface area contributed by atoms with Gasteiger partial charge in [-0.15, -0.1) is 10.9 Å². The van der Waals surface area contributed by atoms with E-state index in [1.54, 1.807) is 12.5 Å². The van der Waals surface area contributed by atoms with Crippen molar-refractivity contribution >= 4 is 56.5 Å². The van der Waals surface area contributed by atoms with Gasteiger partial charge in [0.05, 0.1) is 36.2 Å². The molecule has 0 saturated carbocycles. The van der Waals surface area contributed by atoms with E-state index in [2.05, 4.69) is 236 Å². The molecular weight excluding hydrogens is 874 g/mol. The Hall–Kier alpha value is -7.70. The Labute approximate surface area is 427 Å². The number of imidazole rings is 3. The predicted molar refractivity (Wildman–Crippen MR) is 304 cm³/mol. The molecule has 0 amide bonds. The van der Waals surface area contributed by atoms with Crippen molar-refractivity contribution in [2.45, 2.75) is 83.1 Å². The van der Waals surface area contributed by atoms with Crippen LogP contribution in [0.25, 0.3) is 17.1 Å². The van der Waals surface area contributed by atoms with Crippen molar-refractivity contribution in [3.63, 3.8) is 0 Å². The van der Waals surface area contributed by atoms with E-state index in [-0.39, 0.29) is 0 Å². The Morgan fingerprint density at radius 2 is 0.917 bits per heavy atom. The van der Waals surface area contributed by atoms with Gasteiger partial charge in [-0.2, -0.15) is 21.9 Å². The summed E-state index contributed by atoms with van der Waals surface area (Å²) in [5, 5.41) is 0. The number of rotatable bonds is 5. The van der Waals surface area contributed by atoms with Crippen molar-refractivity contribution in [3.05, 3.63) is 238 Å². The molecule has 2 aliphatic heterocycles. The first-order valence-electron chi connectivity index (χ1n) is 25.6. The molecule has 0 radical (unpaired) electrons. The lowest BCUT2D eigenvalue weighted by molar-refractivity contribution is -0.653. The SMILES string of the molecule is Cc1cc(C)c([B-]2(c3c(C)cc(C)cc3C)c3ccccc3-[n+]3cc[nH]c32)c(C)c1.Cc1cc(C)c([B-]2(c3c(C)cc(C)cc3C)c3ccccc3-n3cc[n+](C)c32)c(C)c1.c1ccc(-n2ccnc2)cc1. The number of hydrogen-bond donors (Lipinski definition) is 1. The number of nitrogens with zero attached hydrogens (tertiary/aromatic N) is 5. The molecule has 0 unspecified atom stereocenters. The highest BCUT2D eigenvalue weighted by Crippen LogP contribution is 2.26. The molecule has 360 valence electrons. The van der Waals surface area contributed by atoms with Gasteiger partial charge in [0, 0.05) is 18.1 Å². The fourth-order valence-electron chi connectivity index (χ4n) is 14.5. The van der Waals surface area contributed by atoms with E-state index >= 15 is 0 Å². The smallest absolute Gasteiger partial charge is 0.207 e. The van der Waals surface area contributed by atoms with Gasteiger partial charge in [0.2, 0.25) is 12.3 Å². The average molecular weight is 943 g/mol. The molecule has 0 saturated heterocycles. The quantitative estimate of drug-likeness (QED) is 0.141. The van der Waals surface area contributed by atoms with Gasteiger partial charge in [0.1, 0.15) is 24.8 Å². The number of para-hydroxylation sites is 3. The number of aromatic amines is 1. The van der Waals surface area contributed by atoms with Gasteiger partial charge in [-0.1, -0.05) is 170 Å². The zero-order valence-corrected chi connectivity index (χ0v) is 44.6. The van der Waals surface area contributed by atoms with Gasteiger partial charge < -0.3 is 4.57 Å². The van der Waals surface area contributed by atoms with E-state index in [1.165, 1.54) is 122 Å². The highest BCUT2D eigenvalue weighted by Gasteiger charge is 2.51. The van der Waals surface area contributed by atoms with Gasteiger partial charge in [0.15, 0.2) is 0 Å². The van der Waals surface area contributed by atoms with Crippen LogP contribution >= 0.6 is 0 Å². The molecule has 0 aliphatic carbocycles. The third-order valence-electron chi connectivity index (χ3n) is 16.1. The van der Waals surface area contributed by atoms with E-state index in [4.69, 9.17) is 0 Å². The summed E-state index contributed by atoms with van der Waals surface area (Å²) in [7, 11) is 2.20. The molecule has 2 aliphatic rings. The van der Waals surface area contributed by atoms with Crippen molar-refractivity contribution in [1.29, 1.82) is 0 Å². The number of benzene rings is 7. The van der Waals surface area contributed by atoms with E-state index in [0.717, 1.165) is 5.69 Å². The Kier molecular flexibility index (Phi) is 12.3. The van der Waals surface area contributed by atoms with Gasteiger partial charge in [-0.05, 0) is 107 Å². The summed E-state index contributed by atoms with van der Waals surface area (Å²) < 4.78 is 9.11. The summed E-state index contributed by atoms with van der Waals surface area (Å²) in [6.07, 6.45) is 11.5. The normalized spacial score (nSPS) is 13.3. The number of hydrogen-bond acceptors (Lipinski definition) is 1. The lowest BCUT2D eigenvalue weighted by Gasteiger charge is -2.41. The summed E-state index contributed by atoms with van der Waals surface area (Å²) in [5.74, 6) is 0. The molecule has 0 fully saturated rings. The standard InChI is InChI=1S/C28H31BN2.C27H28BN2.C9H8N2/c1-18-14-20(3)26(21(4)15-18)29(27-22(5)16-19(2)17-23(27)6)24-10-8-9-11-25(24)31-13-12-30(7)28(29)31;1-17-13-19(3)25(20(4)14-17)28(26-21(5)15-18(2)16-22(26)6)23-9-7-8-10-24(23)30-12-11-29-27(28)30;1-2-4-9(5-3-1)11-7-6-10-8-11/h8-17H,1-7H3;7-16H,1-6H3;1-8H/q;-1;/p+1. The molecule has 6 nitrogen and oxygen atoms in total. The Morgan fingerprint density at radius 1 is 0.472 bits per heavy atom. The lowest BCUT2D eigenvalue weighted by Crippen LogP contribution is -2.80. The first kappa shape index (κ1) is 48.0. The van der Waals surface area contributed by atoms with Gasteiger partial charge >= 0.3 is 0 Å². The topological polar surface area (TPSA) is 46.3 Å². The van der Waals surface area contributed by atoms with Gasteiger partial charge in [0.25, 0.3) is 0 Å².